The van der Waals surface area contributed by atoms with E-state index in [1.165, 1.54) is 0 Å². The van der Waals surface area contributed by atoms with Crippen LogP contribution >= 0.6 is 0 Å². The predicted octanol–water partition coefficient (Wildman–Crippen LogP) is 2.52. The molecule has 0 aliphatic rings. The molecule has 0 aromatic heterocycles. The molecule has 1 aromatic rings. The molecule has 3 nitrogen and oxygen atoms in total. The summed E-state index contributed by atoms with van der Waals surface area (Å²) < 4.78 is 0. The monoisotopic (exact) mass is 220 g/mol. The number of amides is 1. The van der Waals surface area contributed by atoms with E-state index in [1.54, 1.807) is 0 Å². The first kappa shape index (κ1) is 12.7. The standard InChI is InChI=1S/C13H20N2O/c1-3-11(4-2)13(16)15-12-7-5-6-10(8-12)9-14/h5-8,11H,3-4,9,14H2,1-2H3,(H,15,16). The van der Waals surface area contributed by atoms with E-state index in [4.69, 9.17) is 5.73 Å². The molecular formula is C13H20N2O. The molecular weight excluding hydrogens is 200 g/mol. The van der Waals surface area contributed by atoms with E-state index < -0.39 is 0 Å². The van der Waals surface area contributed by atoms with Gasteiger partial charge in [-0.15, -0.1) is 0 Å². The summed E-state index contributed by atoms with van der Waals surface area (Å²) in [6.07, 6.45) is 1.75. The lowest BCUT2D eigenvalue weighted by molar-refractivity contribution is -0.120. The van der Waals surface area contributed by atoms with E-state index in [2.05, 4.69) is 5.32 Å². The lowest BCUT2D eigenvalue weighted by atomic mass is 10.0. The Hall–Kier alpha value is -1.35. The highest BCUT2D eigenvalue weighted by Gasteiger charge is 2.13. The number of carbonyl (C=O) groups excluding carboxylic acids is 1. The van der Waals surface area contributed by atoms with Crippen molar-refractivity contribution in [2.45, 2.75) is 33.2 Å². The van der Waals surface area contributed by atoms with Crippen molar-refractivity contribution in [2.24, 2.45) is 11.7 Å². The summed E-state index contributed by atoms with van der Waals surface area (Å²) in [6, 6.07) is 7.66. The van der Waals surface area contributed by atoms with E-state index in [0.29, 0.717) is 6.54 Å². The molecule has 3 heteroatoms. The molecule has 1 aromatic carbocycles. The van der Waals surface area contributed by atoms with Gasteiger partial charge in [-0.05, 0) is 30.5 Å². The average molecular weight is 220 g/mol. The third-order valence-electron chi connectivity index (χ3n) is 2.79. The Morgan fingerprint density at radius 3 is 2.62 bits per heavy atom. The van der Waals surface area contributed by atoms with E-state index >= 15 is 0 Å². The minimum atomic E-state index is 0.0965. The van der Waals surface area contributed by atoms with Crippen molar-refractivity contribution in [1.29, 1.82) is 0 Å². The fourth-order valence-electron chi connectivity index (χ4n) is 1.68. The summed E-state index contributed by atoms with van der Waals surface area (Å²) in [7, 11) is 0. The zero-order chi connectivity index (χ0) is 12.0. The second-order valence-corrected chi connectivity index (χ2v) is 3.91. The molecule has 0 unspecified atom stereocenters. The normalized spacial score (nSPS) is 10.5. The van der Waals surface area contributed by atoms with Gasteiger partial charge in [0.05, 0.1) is 0 Å². The van der Waals surface area contributed by atoms with Gasteiger partial charge in [0.1, 0.15) is 0 Å². The van der Waals surface area contributed by atoms with Gasteiger partial charge in [-0.1, -0.05) is 26.0 Å². The van der Waals surface area contributed by atoms with Gasteiger partial charge in [-0.3, -0.25) is 4.79 Å². The summed E-state index contributed by atoms with van der Waals surface area (Å²) in [5, 5.41) is 2.92. The van der Waals surface area contributed by atoms with Gasteiger partial charge in [-0.2, -0.15) is 0 Å². The Morgan fingerprint density at radius 1 is 1.38 bits per heavy atom. The highest BCUT2D eigenvalue weighted by Crippen LogP contribution is 2.14. The number of rotatable bonds is 5. The van der Waals surface area contributed by atoms with Crippen molar-refractivity contribution in [2.75, 3.05) is 5.32 Å². The number of nitrogens with two attached hydrogens (primary N) is 1. The highest BCUT2D eigenvalue weighted by atomic mass is 16.1. The topological polar surface area (TPSA) is 55.1 Å². The van der Waals surface area contributed by atoms with Crippen LogP contribution in [0.1, 0.15) is 32.3 Å². The molecule has 0 saturated heterocycles. The van der Waals surface area contributed by atoms with E-state index in [9.17, 15) is 4.79 Å². The van der Waals surface area contributed by atoms with Gasteiger partial charge in [0.15, 0.2) is 0 Å². The van der Waals surface area contributed by atoms with Gasteiger partial charge in [0.25, 0.3) is 0 Å². The van der Waals surface area contributed by atoms with Crippen LogP contribution in [0.3, 0.4) is 0 Å². The van der Waals surface area contributed by atoms with Crippen LogP contribution in [0.15, 0.2) is 24.3 Å². The summed E-state index contributed by atoms with van der Waals surface area (Å²) in [4.78, 5) is 11.8. The predicted molar refractivity (Wildman–Crippen MR) is 67.0 cm³/mol. The summed E-state index contributed by atoms with van der Waals surface area (Å²) >= 11 is 0. The Kier molecular flexibility index (Phi) is 4.99. The SMILES string of the molecule is CCC(CC)C(=O)Nc1cccc(CN)c1. The van der Waals surface area contributed by atoms with Gasteiger partial charge >= 0.3 is 0 Å². The third-order valence-corrected chi connectivity index (χ3v) is 2.79. The van der Waals surface area contributed by atoms with Crippen LogP contribution in [0.2, 0.25) is 0 Å². The molecule has 0 heterocycles. The molecule has 0 saturated carbocycles. The van der Waals surface area contributed by atoms with Crippen LogP contribution in [0, 0.1) is 5.92 Å². The van der Waals surface area contributed by atoms with Gasteiger partial charge in [0.2, 0.25) is 5.91 Å². The van der Waals surface area contributed by atoms with Crippen LogP contribution in [-0.4, -0.2) is 5.91 Å². The molecule has 0 radical (unpaired) electrons. The molecule has 0 atom stereocenters. The van der Waals surface area contributed by atoms with Crippen LogP contribution in [0.5, 0.6) is 0 Å². The Bertz CT molecular complexity index is 346. The van der Waals surface area contributed by atoms with Gasteiger partial charge in [-0.25, -0.2) is 0 Å². The minimum Gasteiger partial charge on any atom is -0.326 e. The van der Waals surface area contributed by atoms with Crippen molar-refractivity contribution < 1.29 is 4.79 Å². The molecule has 16 heavy (non-hydrogen) atoms. The van der Waals surface area contributed by atoms with Crippen molar-refractivity contribution in [3.63, 3.8) is 0 Å². The maximum atomic E-state index is 11.8. The number of anilines is 1. The maximum Gasteiger partial charge on any atom is 0.227 e. The van der Waals surface area contributed by atoms with Crippen LogP contribution in [0.4, 0.5) is 5.69 Å². The van der Waals surface area contributed by atoms with Gasteiger partial charge in [0, 0.05) is 18.2 Å². The van der Waals surface area contributed by atoms with E-state index in [-0.39, 0.29) is 11.8 Å². The van der Waals surface area contributed by atoms with Crippen LogP contribution in [-0.2, 0) is 11.3 Å². The second kappa shape index (κ2) is 6.28. The first-order chi connectivity index (χ1) is 7.71. The molecule has 1 amide bonds. The molecule has 0 aliphatic carbocycles. The molecule has 3 N–H and O–H groups in total. The zero-order valence-corrected chi connectivity index (χ0v) is 9.99. The summed E-state index contributed by atoms with van der Waals surface area (Å²) in [6.45, 7) is 4.56. The lowest BCUT2D eigenvalue weighted by Gasteiger charge is -2.13. The van der Waals surface area contributed by atoms with Crippen LogP contribution < -0.4 is 11.1 Å². The number of hydrogen-bond acceptors (Lipinski definition) is 2. The van der Waals surface area contributed by atoms with Gasteiger partial charge < -0.3 is 11.1 Å². The molecule has 1 rings (SSSR count). The van der Waals surface area contributed by atoms with Crippen molar-refractivity contribution in [3.05, 3.63) is 29.8 Å². The largest absolute Gasteiger partial charge is 0.326 e. The maximum absolute atomic E-state index is 11.8. The summed E-state index contributed by atoms with van der Waals surface area (Å²) in [5.41, 5.74) is 7.41. The van der Waals surface area contributed by atoms with Crippen LogP contribution in [0.25, 0.3) is 0 Å². The summed E-state index contributed by atoms with van der Waals surface area (Å²) in [5.74, 6) is 0.195. The highest BCUT2D eigenvalue weighted by molar-refractivity contribution is 5.92. The molecule has 0 fully saturated rings. The fourth-order valence-corrected chi connectivity index (χ4v) is 1.68. The van der Waals surface area contributed by atoms with Crippen molar-refractivity contribution >= 4 is 11.6 Å². The minimum absolute atomic E-state index is 0.0965. The fraction of sp³-hybridized carbons (Fsp3) is 0.462. The molecule has 0 bridgehead atoms. The Balaban J connectivity index is 2.68. The van der Waals surface area contributed by atoms with Crippen molar-refractivity contribution in [1.82, 2.24) is 0 Å². The first-order valence-electron chi connectivity index (χ1n) is 5.81. The Labute approximate surface area is 97.0 Å². The lowest BCUT2D eigenvalue weighted by Crippen LogP contribution is -2.21. The third kappa shape index (κ3) is 3.35. The smallest absolute Gasteiger partial charge is 0.227 e. The molecule has 0 aliphatic heterocycles. The molecule has 0 spiro atoms. The number of carbonyl (C=O) groups is 1. The van der Waals surface area contributed by atoms with E-state index in [0.717, 1.165) is 24.1 Å². The number of nitrogens with one attached hydrogen (secondary N) is 1. The van der Waals surface area contributed by atoms with E-state index in [1.807, 2.05) is 38.1 Å². The van der Waals surface area contributed by atoms with Crippen molar-refractivity contribution in [3.8, 4) is 0 Å². The quantitative estimate of drug-likeness (QED) is 0.801. The zero-order valence-electron chi connectivity index (χ0n) is 9.99. The molecule has 88 valence electrons. The first-order valence-corrected chi connectivity index (χ1v) is 5.81. The second-order valence-electron chi connectivity index (χ2n) is 3.91. The average Bonchev–Trinajstić information content (AvgIpc) is 2.31. The number of benzene rings is 1. The Morgan fingerprint density at radius 2 is 2.06 bits per heavy atom. The number of hydrogen-bond donors (Lipinski definition) is 2.